The van der Waals surface area contributed by atoms with Gasteiger partial charge in [0.2, 0.25) is 0 Å². The number of hydrogen-bond donors (Lipinski definition) is 1. The van der Waals surface area contributed by atoms with E-state index in [4.69, 9.17) is 9.83 Å². The standard InChI is InChI=1S/C16H11N3O2/c1-9-5-4-8-19-14(17)12-13(18-15(9)19)10-6-2-3-7-11(10)21-16(12)20/h2-8,17H,1H3. The number of fused-ring (bicyclic) bond motifs is 4. The van der Waals surface area contributed by atoms with Crippen molar-refractivity contribution in [3.05, 3.63) is 64.1 Å². The molecule has 5 heteroatoms. The molecule has 3 aromatic heterocycles. The summed E-state index contributed by atoms with van der Waals surface area (Å²) in [5.41, 5.74) is 2.19. The predicted molar refractivity (Wildman–Crippen MR) is 79.3 cm³/mol. The Kier molecular flexibility index (Phi) is 2.27. The zero-order chi connectivity index (χ0) is 14.6. The molecule has 0 unspecified atom stereocenters. The van der Waals surface area contributed by atoms with Gasteiger partial charge in [0.1, 0.15) is 22.1 Å². The number of aromatic nitrogens is 2. The molecule has 102 valence electrons. The van der Waals surface area contributed by atoms with Crippen LogP contribution < -0.4 is 11.1 Å². The van der Waals surface area contributed by atoms with Crippen LogP contribution in [0.3, 0.4) is 0 Å². The fourth-order valence-corrected chi connectivity index (χ4v) is 2.62. The predicted octanol–water partition coefficient (Wildman–Crippen LogP) is 2.38. The average Bonchev–Trinajstić information content (AvgIpc) is 2.48. The molecule has 0 saturated heterocycles. The highest BCUT2D eigenvalue weighted by atomic mass is 16.4. The third kappa shape index (κ3) is 1.54. The Bertz CT molecular complexity index is 1140. The molecule has 4 rings (SSSR count). The number of para-hydroxylation sites is 1. The molecular formula is C16H11N3O2. The summed E-state index contributed by atoms with van der Waals surface area (Å²) >= 11 is 0. The Morgan fingerprint density at radius 2 is 2.00 bits per heavy atom. The van der Waals surface area contributed by atoms with Gasteiger partial charge in [-0.15, -0.1) is 0 Å². The largest absolute Gasteiger partial charge is 0.422 e. The number of rotatable bonds is 0. The van der Waals surface area contributed by atoms with Crippen LogP contribution in [-0.4, -0.2) is 9.38 Å². The van der Waals surface area contributed by atoms with Crippen LogP contribution in [0, 0.1) is 12.3 Å². The van der Waals surface area contributed by atoms with E-state index in [1.165, 1.54) is 0 Å². The summed E-state index contributed by atoms with van der Waals surface area (Å²) < 4.78 is 6.91. The molecule has 21 heavy (non-hydrogen) atoms. The second-order valence-corrected chi connectivity index (χ2v) is 4.95. The molecule has 4 aromatic rings. The topological polar surface area (TPSA) is 71.4 Å². The van der Waals surface area contributed by atoms with Crippen LogP contribution in [0.4, 0.5) is 0 Å². The zero-order valence-electron chi connectivity index (χ0n) is 11.3. The normalized spacial score (nSPS) is 11.5. The van der Waals surface area contributed by atoms with Crippen molar-refractivity contribution in [1.29, 1.82) is 5.41 Å². The first kappa shape index (κ1) is 11.8. The van der Waals surface area contributed by atoms with Crippen LogP contribution in [0.15, 0.2) is 51.8 Å². The molecule has 0 aliphatic carbocycles. The van der Waals surface area contributed by atoms with Crippen molar-refractivity contribution in [2.45, 2.75) is 6.92 Å². The fraction of sp³-hybridized carbons (Fsp3) is 0.0625. The van der Waals surface area contributed by atoms with Crippen molar-refractivity contribution >= 4 is 27.5 Å². The minimum atomic E-state index is -0.530. The van der Waals surface area contributed by atoms with Crippen LogP contribution in [0.1, 0.15) is 5.56 Å². The summed E-state index contributed by atoms with van der Waals surface area (Å²) in [4.78, 5) is 16.8. The van der Waals surface area contributed by atoms with E-state index >= 15 is 0 Å². The van der Waals surface area contributed by atoms with Crippen molar-refractivity contribution in [2.75, 3.05) is 0 Å². The van der Waals surface area contributed by atoms with Gasteiger partial charge in [-0.05, 0) is 30.7 Å². The van der Waals surface area contributed by atoms with Gasteiger partial charge in [-0.2, -0.15) is 0 Å². The highest BCUT2D eigenvalue weighted by molar-refractivity contribution is 6.01. The second-order valence-electron chi connectivity index (χ2n) is 4.95. The SMILES string of the molecule is Cc1cccn2c(=N)c3c(=O)oc4ccccc4c3nc12. The molecule has 0 saturated carbocycles. The van der Waals surface area contributed by atoms with Gasteiger partial charge in [-0.1, -0.05) is 18.2 Å². The third-order valence-electron chi connectivity index (χ3n) is 3.64. The fourth-order valence-electron chi connectivity index (χ4n) is 2.62. The smallest absolute Gasteiger partial charge is 0.349 e. The maximum absolute atomic E-state index is 12.2. The molecular weight excluding hydrogens is 266 g/mol. The van der Waals surface area contributed by atoms with Crippen molar-refractivity contribution in [3.63, 3.8) is 0 Å². The van der Waals surface area contributed by atoms with Gasteiger partial charge in [0.05, 0.1) is 5.52 Å². The first-order chi connectivity index (χ1) is 10.2. The van der Waals surface area contributed by atoms with E-state index in [2.05, 4.69) is 4.98 Å². The zero-order valence-corrected chi connectivity index (χ0v) is 11.3. The van der Waals surface area contributed by atoms with Crippen molar-refractivity contribution in [3.8, 4) is 0 Å². The average molecular weight is 277 g/mol. The van der Waals surface area contributed by atoms with Crippen molar-refractivity contribution in [1.82, 2.24) is 9.38 Å². The summed E-state index contributed by atoms with van der Waals surface area (Å²) in [5.74, 6) is 0. The molecule has 0 spiro atoms. The number of benzene rings is 1. The lowest BCUT2D eigenvalue weighted by Crippen LogP contribution is -2.21. The number of hydrogen-bond acceptors (Lipinski definition) is 4. The first-order valence-electron chi connectivity index (χ1n) is 6.55. The summed E-state index contributed by atoms with van der Waals surface area (Å²) in [6.45, 7) is 1.93. The van der Waals surface area contributed by atoms with Gasteiger partial charge in [-0.3, -0.25) is 9.81 Å². The molecule has 0 radical (unpaired) electrons. The Morgan fingerprint density at radius 1 is 1.19 bits per heavy atom. The lowest BCUT2D eigenvalue weighted by atomic mass is 10.1. The van der Waals surface area contributed by atoms with E-state index in [1.54, 1.807) is 22.7 Å². The molecule has 3 heterocycles. The second kappa shape index (κ2) is 4.02. The third-order valence-corrected chi connectivity index (χ3v) is 3.64. The van der Waals surface area contributed by atoms with E-state index in [0.29, 0.717) is 16.7 Å². The summed E-state index contributed by atoms with van der Waals surface area (Å²) in [7, 11) is 0. The quantitative estimate of drug-likeness (QED) is 0.305. The van der Waals surface area contributed by atoms with Gasteiger partial charge in [-0.25, -0.2) is 9.78 Å². The first-order valence-corrected chi connectivity index (χ1v) is 6.55. The minimum absolute atomic E-state index is 0.0956. The molecule has 1 N–H and O–H groups in total. The van der Waals surface area contributed by atoms with Crippen LogP contribution in [0.5, 0.6) is 0 Å². The van der Waals surface area contributed by atoms with Gasteiger partial charge < -0.3 is 4.42 Å². The molecule has 0 atom stereocenters. The van der Waals surface area contributed by atoms with Gasteiger partial charge in [0.15, 0.2) is 0 Å². The molecule has 0 bridgehead atoms. The number of pyridine rings is 1. The lowest BCUT2D eigenvalue weighted by Gasteiger charge is -2.07. The summed E-state index contributed by atoms with van der Waals surface area (Å²) in [5, 5.41) is 9.26. The molecule has 5 nitrogen and oxygen atoms in total. The molecule has 0 fully saturated rings. The molecule has 0 aliphatic heterocycles. The van der Waals surface area contributed by atoms with Crippen molar-refractivity contribution < 1.29 is 4.42 Å². The molecule has 0 amide bonds. The van der Waals surface area contributed by atoms with Gasteiger partial charge in [0, 0.05) is 11.6 Å². The minimum Gasteiger partial charge on any atom is -0.422 e. The van der Waals surface area contributed by atoms with Gasteiger partial charge >= 0.3 is 5.63 Å². The van der Waals surface area contributed by atoms with E-state index in [9.17, 15) is 4.79 Å². The Morgan fingerprint density at radius 3 is 2.86 bits per heavy atom. The van der Waals surface area contributed by atoms with E-state index < -0.39 is 5.63 Å². The highest BCUT2D eigenvalue weighted by Crippen LogP contribution is 2.20. The number of aryl methyl sites for hydroxylation is 1. The van der Waals surface area contributed by atoms with Crippen LogP contribution in [0.2, 0.25) is 0 Å². The van der Waals surface area contributed by atoms with E-state index in [1.807, 2.05) is 31.2 Å². The highest BCUT2D eigenvalue weighted by Gasteiger charge is 2.13. The summed E-state index contributed by atoms with van der Waals surface area (Å²) in [6.07, 6.45) is 1.73. The Balaban J connectivity index is 2.43. The maximum Gasteiger partial charge on any atom is 0.349 e. The van der Waals surface area contributed by atoms with Crippen molar-refractivity contribution in [2.24, 2.45) is 0 Å². The Labute approximate surface area is 118 Å². The monoisotopic (exact) mass is 277 g/mol. The lowest BCUT2D eigenvalue weighted by molar-refractivity contribution is 0.568. The number of nitrogens with one attached hydrogen (secondary N) is 1. The van der Waals surface area contributed by atoms with Crippen LogP contribution >= 0.6 is 0 Å². The van der Waals surface area contributed by atoms with E-state index in [0.717, 1.165) is 10.9 Å². The maximum atomic E-state index is 12.2. The Hall–Kier alpha value is -2.95. The summed E-state index contributed by atoms with van der Waals surface area (Å²) in [6, 6.07) is 11.0. The van der Waals surface area contributed by atoms with Crippen LogP contribution in [-0.2, 0) is 0 Å². The van der Waals surface area contributed by atoms with E-state index in [-0.39, 0.29) is 10.9 Å². The van der Waals surface area contributed by atoms with Crippen LogP contribution in [0.25, 0.3) is 27.5 Å². The number of nitrogens with zero attached hydrogens (tertiary/aromatic N) is 2. The molecule has 1 aromatic carbocycles. The van der Waals surface area contributed by atoms with Gasteiger partial charge in [0.25, 0.3) is 0 Å². The molecule has 0 aliphatic rings.